The lowest BCUT2D eigenvalue weighted by atomic mass is 9.98. The van der Waals surface area contributed by atoms with Crippen molar-refractivity contribution >= 4 is 15.9 Å². The Morgan fingerprint density at radius 2 is 1.93 bits per heavy atom. The van der Waals surface area contributed by atoms with Gasteiger partial charge < -0.3 is 4.74 Å². The molecular formula is C13H19BrO. The molecule has 1 nitrogen and oxygen atoms in total. The van der Waals surface area contributed by atoms with Gasteiger partial charge in [0.05, 0.1) is 0 Å². The van der Waals surface area contributed by atoms with Crippen molar-refractivity contribution in [3.63, 3.8) is 0 Å². The summed E-state index contributed by atoms with van der Waals surface area (Å²) in [6, 6.07) is 10.6. The van der Waals surface area contributed by atoms with Gasteiger partial charge in [-0.3, -0.25) is 0 Å². The molecule has 0 aliphatic heterocycles. The maximum Gasteiger partial charge on any atom is 0.0472 e. The first-order valence-corrected chi connectivity index (χ1v) is 6.69. The van der Waals surface area contributed by atoms with Crippen LogP contribution in [0, 0.1) is 0 Å². The number of benzene rings is 1. The Hall–Kier alpha value is -0.340. The molecule has 0 spiro atoms. The van der Waals surface area contributed by atoms with Crippen LogP contribution in [-0.4, -0.2) is 18.5 Å². The van der Waals surface area contributed by atoms with Gasteiger partial charge in [-0.2, -0.15) is 0 Å². The first-order valence-electron chi connectivity index (χ1n) is 5.57. The quantitative estimate of drug-likeness (QED) is 0.538. The standard InChI is InChI=1S/C13H19BrO/c1-2-9-15-10-8-13(11-14)12-6-4-3-5-7-12/h3-7,13H,2,8-11H2,1H3. The Balaban J connectivity index is 2.36. The minimum atomic E-state index is 0.572. The third kappa shape index (κ3) is 4.80. The van der Waals surface area contributed by atoms with Gasteiger partial charge in [0, 0.05) is 18.5 Å². The van der Waals surface area contributed by atoms with Gasteiger partial charge in [0.1, 0.15) is 0 Å². The van der Waals surface area contributed by atoms with E-state index < -0.39 is 0 Å². The van der Waals surface area contributed by atoms with Gasteiger partial charge in [-0.1, -0.05) is 53.2 Å². The molecule has 1 atom stereocenters. The van der Waals surface area contributed by atoms with Crippen molar-refractivity contribution in [2.24, 2.45) is 0 Å². The van der Waals surface area contributed by atoms with Crippen LogP contribution >= 0.6 is 15.9 Å². The Kier molecular flexibility index (Phi) is 6.69. The summed E-state index contributed by atoms with van der Waals surface area (Å²) in [4.78, 5) is 0. The molecule has 2 heteroatoms. The van der Waals surface area contributed by atoms with Gasteiger partial charge in [-0.15, -0.1) is 0 Å². The van der Waals surface area contributed by atoms with E-state index in [2.05, 4.69) is 53.2 Å². The molecule has 0 bridgehead atoms. The Morgan fingerprint density at radius 1 is 1.20 bits per heavy atom. The zero-order valence-corrected chi connectivity index (χ0v) is 10.9. The molecule has 84 valence electrons. The predicted octanol–water partition coefficient (Wildman–Crippen LogP) is 3.98. The molecular weight excluding hydrogens is 252 g/mol. The van der Waals surface area contributed by atoms with E-state index in [4.69, 9.17) is 4.74 Å². The van der Waals surface area contributed by atoms with Crippen LogP contribution in [0.2, 0.25) is 0 Å². The van der Waals surface area contributed by atoms with Gasteiger partial charge >= 0.3 is 0 Å². The van der Waals surface area contributed by atoms with E-state index in [1.165, 1.54) is 5.56 Å². The van der Waals surface area contributed by atoms with E-state index in [1.54, 1.807) is 0 Å². The molecule has 0 amide bonds. The van der Waals surface area contributed by atoms with E-state index in [1.807, 2.05) is 0 Å². The van der Waals surface area contributed by atoms with Gasteiger partial charge in [0.25, 0.3) is 0 Å². The van der Waals surface area contributed by atoms with E-state index in [0.29, 0.717) is 5.92 Å². The van der Waals surface area contributed by atoms with Gasteiger partial charge in [-0.25, -0.2) is 0 Å². The van der Waals surface area contributed by atoms with Crippen molar-refractivity contribution in [2.45, 2.75) is 25.7 Å². The molecule has 0 saturated heterocycles. The van der Waals surface area contributed by atoms with Gasteiger partial charge in [0.2, 0.25) is 0 Å². The molecule has 0 aromatic heterocycles. The molecule has 0 radical (unpaired) electrons. The monoisotopic (exact) mass is 270 g/mol. The molecule has 0 heterocycles. The summed E-state index contributed by atoms with van der Waals surface area (Å²) in [6.45, 7) is 3.88. The van der Waals surface area contributed by atoms with Crippen LogP contribution in [0.4, 0.5) is 0 Å². The molecule has 0 aliphatic rings. The highest BCUT2D eigenvalue weighted by Gasteiger charge is 2.08. The fraction of sp³-hybridized carbons (Fsp3) is 0.538. The van der Waals surface area contributed by atoms with Crippen molar-refractivity contribution in [3.8, 4) is 0 Å². The smallest absolute Gasteiger partial charge is 0.0472 e. The number of ether oxygens (including phenoxy) is 1. The zero-order valence-electron chi connectivity index (χ0n) is 9.29. The van der Waals surface area contributed by atoms with Crippen LogP contribution in [0.3, 0.4) is 0 Å². The van der Waals surface area contributed by atoms with E-state index in [-0.39, 0.29) is 0 Å². The number of hydrogen-bond donors (Lipinski definition) is 0. The fourth-order valence-corrected chi connectivity index (χ4v) is 2.23. The van der Waals surface area contributed by atoms with Crippen molar-refractivity contribution < 1.29 is 4.74 Å². The number of halogens is 1. The Labute approximate surface area is 101 Å². The lowest BCUT2D eigenvalue weighted by molar-refractivity contribution is 0.129. The number of alkyl halides is 1. The number of rotatable bonds is 7. The second-order valence-corrected chi connectivity index (χ2v) is 4.31. The van der Waals surface area contributed by atoms with Gasteiger partial charge in [0.15, 0.2) is 0 Å². The molecule has 1 rings (SSSR count). The van der Waals surface area contributed by atoms with Crippen LogP contribution < -0.4 is 0 Å². The van der Waals surface area contributed by atoms with Crippen LogP contribution in [0.5, 0.6) is 0 Å². The highest BCUT2D eigenvalue weighted by atomic mass is 79.9. The van der Waals surface area contributed by atoms with Crippen molar-refractivity contribution in [2.75, 3.05) is 18.5 Å². The van der Waals surface area contributed by atoms with Gasteiger partial charge in [-0.05, 0) is 24.3 Å². The summed E-state index contributed by atoms with van der Waals surface area (Å²) in [5.74, 6) is 0.572. The zero-order chi connectivity index (χ0) is 10.9. The first kappa shape index (κ1) is 12.7. The maximum absolute atomic E-state index is 5.52. The highest BCUT2D eigenvalue weighted by molar-refractivity contribution is 9.09. The molecule has 1 aromatic carbocycles. The van der Waals surface area contributed by atoms with Crippen LogP contribution in [0.25, 0.3) is 0 Å². The van der Waals surface area contributed by atoms with E-state index >= 15 is 0 Å². The molecule has 0 aliphatic carbocycles. The lowest BCUT2D eigenvalue weighted by Gasteiger charge is -2.14. The highest BCUT2D eigenvalue weighted by Crippen LogP contribution is 2.21. The first-order chi connectivity index (χ1) is 7.38. The molecule has 0 N–H and O–H groups in total. The largest absolute Gasteiger partial charge is 0.381 e. The van der Waals surface area contributed by atoms with Crippen LogP contribution in [-0.2, 0) is 4.74 Å². The molecule has 0 fully saturated rings. The van der Waals surface area contributed by atoms with Crippen molar-refractivity contribution in [1.29, 1.82) is 0 Å². The SMILES string of the molecule is CCCOCCC(CBr)c1ccccc1. The molecule has 1 aromatic rings. The summed E-state index contributed by atoms with van der Waals surface area (Å²) in [7, 11) is 0. The second kappa shape index (κ2) is 7.89. The van der Waals surface area contributed by atoms with E-state index in [0.717, 1.165) is 31.4 Å². The second-order valence-electron chi connectivity index (χ2n) is 3.66. The number of hydrogen-bond acceptors (Lipinski definition) is 1. The molecule has 1 unspecified atom stereocenters. The lowest BCUT2D eigenvalue weighted by Crippen LogP contribution is -2.05. The normalized spacial score (nSPS) is 12.7. The maximum atomic E-state index is 5.52. The molecule has 0 saturated carbocycles. The Bertz CT molecular complexity index is 248. The third-order valence-corrected chi connectivity index (χ3v) is 3.20. The van der Waals surface area contributed by atoms with Crippen LogP contribution in [0.1, 0.15) is 31.2 Å². The average Bonchev–Trinajstić information content (AvgIpc) is 2.30. The minimum absolute atomic E-state index is 0.572. The predicted molar refractivity (Wildman–Crippen MR) is 68.7 cm³/mol. The summed E-state index contributed by atoms with van der Waals surface area (Å²) >= 11 is 3.57. The topological polar surface area (TPSA) is 9.23 Å². The summed E-state index contributed by atoms with van der Waals surface area (Å²) in [5, 5.41) is 1.01. The van der Waals surface area contributed by atoms with Crippen molar-refractivity contribution in [1.82, 2.24) is 0 Å². The average molecular weight is 271 g/mol. The van der Waals surface area contributed by atoms with Crippen molar-refractivity contribution in [3.05, 3.63) is 35.9 Å². The molecule has 15 heavy (non-hydrogen) atoms. The Morgan fingerprint density at radius 3 is 2.53 bits per heavy atom. The fourth-order valence-electron chi connectivity index (χ4n) is 1.53. The third-order valence-electron chi connectivity index (χ3n) is 2.42. The minimum Gasteiger partial charge on any atom is -0.381 e. The summed E-state index contributed by atoms with van der Waals surface area (Å²) in [5.41, 5.74) is 1.40. The summed E-state index contributed by atoms with van der Waals surface area (Å²) < 4.78 is 5.52. The van der Waals surface area contributed by atoms with E-state index in [9.17, 15) is 0 Å². The van der Waals surface area contributed by atoms with Crippen LogP contribution in [0.15, 0.2) is 30.3 Å². The summed E-state index contributed by atoms with van der Waals surface area (Å²) in [6.07, 6.45) is 2.19.